The van der Waals surface area contributed by atoms with Crippen molar-refractivity contribution >= 4 is 17.5 Å². The summed E-state index contributed by atoms with van der Waals surface area (Å²) in [4.78, 5) is 21.2. The number of pyridine rings is 1. The molecule has 0 bridgehead atoms. The highest BCUT2D eigenvalue weighted by molar-refractivity contribution is 6.32. The Morgan fingerprint density at radius 2 is 1.88 bits per heavy atom. The summed E-state index contributed by atoms with van der Waals surface area (Å²) in [6, 6.07) is 13.2. The lowest BCUT2D eigenvalue weighted by Gasteiger charge is -2.35. The van der Waals surface area contributed by atoms with Crippen molar-refractivity contribution in [1.29, 1.82) is 0 Å². The topological polar surface area (TPSA) is 45.7 Å². The summed E-state index contributed by atoms with van der Waals surface area (Å²) < 4.78 is 5.75. The van der Waals surface area contributed by atoms with Gasteiger partial charge >= 0.3 is 0 Å². The van der Waals surface area contributed by atoms with Crippen LogP contribution in [-0.2, 0) is 11.2 Å². The first-order chi connectivity index (χ1) is 12.6. The van der Waals surface area contributed by atoms with Gasteiger partial charge in [0.15, 0.2) is 6.10 Å². The van der Waals surface area contributed by atoms with E-state index in [1.807, 2.05) is 41.4 Å². The first-order valence-corrected chi connectivity index (χ1v) is 9.33. The highest BCUT2D eigenvalue weighted by Crippen LogP contribution is 2.24. The number of carbonyl (C=O) groups excluding carboxylic acids is 1. The molecule has 26 heavy (non-hydrogen) atoms. The van der Waals surface area contributed by atoms with E-state index in [4.69, 9.17) is 16.3 Å². The lowest BCUT2D eigenvalue weighted by molar-refractivity contribution is -0.139. The third-order valence-corrected chi connectivity index (χ3v) is 4.89. The molecule has 1 saturated heterocycles. The molecule has 0 N–H and O–H groups in total. The Kier molecular flexibility index (Phi) is 6.47. The van der Waals surface area contributed by atoms with Crippen LogP contribution in [0.1, 0.15) is 12.6 Å². The zero-order chi connectivity index (χ0) is 18.4. The molecule has 1 aromatic heterocycles. The van der Waals surface area contributed by atoms with Crippen LogP contribution in [0.4, 0.5) is 0 Å². The first kappa shape index (κ1) is 18.7. The lowest BCUT2D eigenvalue weighted by atomic mass is 10.2. The van der Waals surface area contributed by atoms with E-state index in [-0.39, 0.29) is 5.91 Å². The number of carbonyl (C=O) groups is 1. The van der Waals surface area contributed by atoms with Gasteiger partial charge in [0, 0.05) is 51.0 Å². The zero-order valence-corrected chi connectivity index (χ0v) is 15.7. The Balaban J connectivity index is 1.45. The number of ether oxygens (including phenoxy) is 1. The highest BCUT2D eigenvalue weighted by Gasteiger charge is 2.26. The van der Waals surface area contributed by atoms with Gasteiger partial charge in [-0.15, -0.1) is 0 Å². The Morgan fingerprint density at radius 1 is 1.15 bits per heavy atom. The summed E-state index contributed by atoms with van der Waals surface area (Å²) >= 11 is 6.10. The second kappa shape index (κ2) is 9.01. The minimum Gasteiger partial charge on any atom is -0.479 e. The van der Waals surface area contributed by atoms with E-state index in [0.717, 1.165) is 44.8 Å². The Hall–Kier alpha value is -2.11. The second-order valence-corrected chi connectivity index (χ2v) is 6.84. The average molecular weight is 374 g/mol. The van der Waals surface area contributed by atoms with Crippen LogP contribution in [0.3, 0.4) is 0 Å². The molecule has 2 heterocycles. The maximum Gasteiger partial charge on any atom is 0.263 e. The molecule has 0 unspecified atom stereocenters. The van der Waals surface area contributed by atoms with Crippen molar-refractivity contribution in [1.82, 2.24) is 14.8 Å². The molecule has 1 aliphatic rings. The minimum absolute atomic E-state index is 0.00861. The minimum atomic E-state index is -0.546. The van der Waals surface area contributed by atoms with Gasteiger partial charge in [0.05, 0.1) is 5.02 Å². The molecule has 1 aliphatic heterocycles. The van der Waals surface area contributed by atoms with Gasteiger partial charge in [-0.25, -0.2) is 0 Å². The number of nitrogens with zero attached hydrogens (tertiary/aromatic N) is 3. The number of para-hydroxylation sites is 1. The monoisotopic (exact) mass is 373 g/mol. The lowest BCUT2D eigenvalue weighted by Crippen LogP contribution is -2.52. The van der Waals surface area contributed by atoms with Gasteiger partial charge in [-0.1, -0.05) is 29.8 Å². The van der Waals surface area contributed by atoms with E-state index in [1.54, 1.807) is 19.1 Å². The molecule has 0 saturated carbocycles. The molecule has 3 rings (SSSR count). The van der Waals surface area contributed by atoms with Crippen molar-refractivity contribution in [2.24, 2.45) is 0 Å². The summed E-state index contributed by atoms with van der Waals surface area (Å²) in [5, 5.41) is 0.520. The fourth-order valence-corrected chi connectivity index (χ4v) is 3.23. The fraction of sp³-hybridized carbons (Fsp3) is 0.400. The first-order valence-electron chi connectivity index (χ1n) is 8.96. The van der Waals surface area contributed by atoms with Crippen LogP contribution in [0, 0.1) is 0 Å². The Morgan fingerprint density at radius 3 is 2.58 bits per heavy atom. The molecule has 1 atom stereocenters. The maximum absolute atomic E-state index is 12.6. The molecule has 2 aromatic rings. The van der Waals surface area contributed by atoms with Gasteiger partial charge in [0.1, 0.15) is 5.75 Å². The van der Waals surface area contributed by atoms with Gasteiger partial charge in [-0.3, -0.25) is 14.7 Å². The van der Waals surface area contributed by atoms with Crippen molar-refractivity contribution in [2.45, 2.75) is 19.4 Å². The zero-order valence-electron chi connectivity index (χ0n) is 15.0. The summed E-state index contributed by atoms with van der Waals surface area (Å²) in [5.41, 5.74) is 1.10. The smallest absolute Gasteiger partial charge is 0.263 e. The standard InChI is InChI=1S/C20H24ClN3O2/c1-16(26-19-8-3-2-7-18(19)21)20(25)24-14-12-23(13-15-24)11-9-17-6-4-5-10-22-17/h2-8,10,16H,9,11-15H2,1H3/t16-/m1/s1. The number of piperazine rings is 1. The molecule has 0 aliphatic carbocycles. The number of rotatable bonds is 6. The number of hydrogen-bond acceptors (Lipinski definition) is 4. The van der Waals surface area contributed by atoms with Crippen molar-refractivity contribution in [2.75, 3.05) is 32.7 Å². The number of aromatic nitrogens is 1. The summed E-state index contributed by atoms with van der Waals surface area (Å²) in [6.45, 7) is 5.92. The SMILES string of the molecule is C[C@@H](Oc1ccccc1Cl)C(=O)N1CCN(CCc2ccccn2)CC1. The normalized spacial score (nSPS) is 16.3. The van der Waals surface area contributed by atoms with Crippen LogP contribution >= 0.6 is 11.6 Å². The molecule has 1 aromatic carbocycles. The van der Waals surface area contributed by atoms with Crippen molar-refractivity contribution < 1.29 is 9.53 Å². The van der Waals surface area contributed by atoms with Crippen LogP contribution in [0.25, 0.3) is 0 Å². The molecule has 5 nitrogen and oxygen atoms in total. The average Bonchev–Trinajstić information content (AvgIpc) is 2.69. The third kappa shape index (κ3) is 4.96. The molecule has 138 valence electrons. The van der Waals surface area contributed by atoms with E-state index in [2.05, 4.69) is 9.88 Å². The van der Waals surface area contributed by atoms with Crippen molar-refractivity contribution in [3.05, 3.63) is 59.4 Å². The van der Waals surface area contributed by atoms with Crippen LogP contribution in [0.2, 0.25) is 5.02 Å². The van der Waals surface area contributed by atoms with Gasteiger partial charge in [-0.05, 0) is 31.2 Å². The van der Waals surface area contributed by atoms with Gasteiger partial charge in [-0.2, -0.15) is 0 Å². The quantitative estimate of drug-likeness (QED) is 0.781. The van der Waals surface area contributed by atoms with E-state index < -0.39 is 6.10 Å². The molecular formula is C20H24ClN3O2. The van der Waals surface area contributed by atoms with E-state index in [9.17, 15) is 4.79 Å². The number of hydrogen-bond donors (Lipinski definition) is 0. The second-order valence-electron chi connectivity index (χ2n) is 6.43. The Labute approximate surface area is 159 Å². The molecule has 1 amide bonds. The van der Waals surface area contributed by atoms with Gasteiger partial charge in [0.2, 0.25) is 0 Å². The fourth-order valence-electron chi connectivity index (χ4n) is 3.05. The largest absolute Gasteiger partial charge is 0.479 e. The summed E-state index contributed by atoms with van der Waals surface area (Å²) in [6.07, 6.45) is 2.21. The molecular weight excluding hydrogens is 350 g/mol. The summed E-state index contributed by atoms with van der Waals surface area (Å²) in [7, 11) is 0. The summed E-state index contributed by atoms with van der Waals surface area (Å²) in [5.74, 6) is 0.554. The molecule has 0 radical (unpaired) electrons. The van der Waals surface area contributed by atoms with Gasteiger partial charge in [0.25, 0.3) is 5.91 Å². The van der Waals surface area contributed by atoms with E-state index in [0.29, 0.717) is 10.8 Å². The molecule has 1 fully saturated rings. The van der Waals surface area contributed by atoms with Crippen LogP contribution in [-0.4, -0.2) is 59.5 Å². The molecule has 6 heteroatoms. The van der Waals surface area contributed by atoms with E-state index >= 15 is 0 Å². The van der Waals surface area contributed by atoms with E-state index in [1.165, 1.54) is 0 Å². The highest BCUT2D eigenvalue weighted by atomic mass is 35.5. The van der Waals surface area contributed by atoms with Crippen LogP contribution < -0.4 is 4.74 Å². The van der Waals surface area contributed by atoms with Gasteiger partial charge < -0.3 is 9.64 Å². The maximum atomic E-state index is 12.6. The number of benzene rings is 1. The number of amides is 1. The molecule has 0 spiro atoms. The Bertz CT molecular complexity index is 718. The van der Waals surface area contributed by atoms with Crippen LogP contribution in [0.5, 0.6) is 5.75 Å². The van der Waals surface area contributed by atoms with Crippen LogP contribution in [0.15, 0.2) is 48.7 Å². The van der Waals surface area contributed by atoms with Crippen molar-refractivity contribution in [3.63, 3.8) is 0 Å². The third-order valence-electron chi connectivity index (χ3n) is 4.58. The predicted octanol–water partition coefficient (Wildman–Crippen LogP) is 2.89. The number of halogens is 1. The van der Waals surface area contributed by atoms with Crippen molar-refractivity contribution in [3.8, 4) is 5.75 Å². The predicted molar refractivity (Wildman–Crippen MR) is 103 cm³/mol.